The van der Waals surface area contributed by atoms with Crippen LogP contribution >= 0.6 is 0 Å². The number of ether oxygens (including phenoxy) is 1. The Morgan fingerprint density at radius 1 is 1.38 bits per heavy atom. The van der Waals surface area contributed by atoms with Crippen molar-refractivity contribution in [1.29, 1.82) is 0 Å². The first kappa shape index (κ1) is 18.9. The molecule has 0 amide bonds. The predicted molar refractivity (Wildman–Crippen MR) is 105 cm³/mol. The Hall–Kier alpha value is -2.08. The van der Waals surface area contributed by atoms with Crippen molar-refractivity contribution in [1.82, 2.24) is 0 Å². The van der Waals surface area contributed by atoms with Gasteiger partial charge in [0.2, 0.25) is 5.78 Å². The monoisotopic (exact) mass is 397 g/mol. The highest BCUT2D eigenvalue weighted by molar-refractivity contribution is 6.30. The molecule has 6 heteroatoms. The lowest BCUT2D eigenvalue weighted by Gasteiger charge is -2.59. The summed E-state index contributed by atoms with van der Waals surface area (Å²) in [7, 11) is 0. The van der Waals surface area contributed by atoms with Crippen LogP contribution in [0.15, 0.2) is 28.8 Å². The summed E-state index contributed by atoms with van der Waals surface area (Å²) >= 11 is 0. The van der Waals surface area contributed by atoms with Gasteiger partial charge in [-0.15, -0.1) is 0 Å². The minimum Gasteiger partial charge on any atom is -0.475 e. The minimum atomic E-state index is -1.23. The molecule has 3 unspecified atom stereocenters. The van der Waals surface area contributed by atoms with Crippen molar-refractivity contribution in [2.24, 2.45) is 33.6 Å². The van der Waals surface area contributed by atoms with Crippen LogP contribution in [0.5, 0.6) is 0 Å². The molecule has 0 spiro atoms. The Bertz CT molecular complexity index is 918. The van der Waals surface area contributed by atoms with Crippen molar-refractivity contribution in [3.63, 3.8) is 0 Å². The first-order chi connectivity index (χ1) is 13.7. The first-order valence-electron chi connectivity index (χ1n) is 10.5. The smallest absolute Gasteiger partial charge is 0.227 e. The number of aliphatic hydroxyl groups is 1. The van der Waals surface area contributed by atoms with E-state index in [2.05, 4.69) is 11.9 Å². The number of hydrogen-bond donors (Lipinski definition) is 1. The SMILES string of the molecule is CC1=N[C@]2(C(=O)C=O)[C@@H](CC3C4CCC5=CC(=O)C=C[C@]5(C)C4[C@@H](O)C[C@@]32C)O1. The number of rotatable bonds is 2. The Morgan fingerprint density at radius 2 is 2.14 bits per heavy atom. The van der Waals surface area contributed by atoms with E-state index in [9.17, 15) is 19.5 Å². The highest BCUT2D eigenvalue weighted by atomic mass is 16.5. The molecule has 1 heterocycles. The van der Waals surface area contributed by atoms with Gasteiger partial charge in [-0.3, -0.25) is 14.4 Å². The Morgan fingerprint density at radius 3 is 2.86 bits per heavy atom. The Kier molecular flexibility index (Phi) is 3.75. The summed E-state index contributed by atoms with van der Waals surface area (Å²) in [5.41, 5.74) is -1.14. The predicted octanol–water partition coefficient (Wildman–Crippen LogP) is 2.20. The lowest BCUT2D eigenvalue weighted by Crippen LogP contribution is -2.62. The molecule has 3 saturated carbocycles. The number of aliphatic hydroxyl groups excluding tert-OH is 1. The van der Waals surface area contributed by atoms with E-state index < -0.39 is 28.9 Å². The van der Waals surface area contributed by atoms with Gasteiger partial charge in [-0.1, -0.05) is 25.5 Å². The molecule has 5 aliphatic rings. The van der Waals surface area contributed by atoms with Gasteiger partial charge in [0.1, 0.15) is 6.10 Å². The molecule has 4 aliphatic carbocycles. The molecule has 0 aromatic carbocycles. The molecule has 1 aliphatic heterocycles. The zero-order chi connectivity index (χ0) is 20.8. The van der Waals surface area contributed by atoms with Gasteiger partial charge in [0.15, 0.2) is 23.5 Å². The van der Waals surface area contributed by atoms with Crippen LogP contribution in [-0.2, 0) is 19.1 Å². The maximum absolute atomic E-state index is 12.9. The summed E-state index contributed by atoms with van der Waals surface area (Å²) in [6.07, 6.45) is 7.28. The first-order valence-corrected chi connectivity index (χ1v) is 10.5. The van der Waals surface area contributed by atoms with Crippen molar-refractivity contribution < 1.29 is 24.2 Å². The zero-order valence-electron chi connectivity index (χ0n) is 17.1. The number of carbonyl (C=O) groups excluding carboxylic acids is 3. The van der Waals surface area contributed by atoms with E-state index in [0.717, 1.165) is 18.4 Å². The molecule has 0 radical (unpaired) electrons. The lowest BCUT2D eigenvalue weighted by molar-refractivity contribution is -0.147. The fourth-order valence-corrected chi connectivity index (χ4v) is 7.71. The maximum atomic E-state index is 12.9. The summed E-state index contributed by atoms with van der Waals surface area (Å²) in [5.74, 6) is 0.167. The van der Waals surface area contributed by atoms with E-state index >= 15 is 0 Å². The summed E-state index contributed by atoms with van der Waals surface area (Å²) < 4.78 is 5.95. The van der Waals surface area contributed by atoms with Gasteiger partial charge in [0, 0.05) is 23.7 Å². The fourth-order valence-electron chi connectivity index (χ4n) is 7.71. The van der Waals surface area contributed by atoms with Crippen molar-refractivity contribution in [3.8, 4) is 0 Å². The fraction of sp³-hybridized carbons (Fsp3) is 0.652. The van der Waals surface area contributed by atoms with Crippen LogP contribution in [0.3, 0.4) is 0 Å². The van der Waals surface area contributed by atoms with Crippen LogP contribution in [0.2, 0.25) is 0 Å². The van der Waals surface area contributed by atoms with Crippen molar-refractivity contribution in [2.75, 3.05) is 0 Å². The third-order valence-corrected chi connectivity index (χ3v) is 8.82. The van der Waals surface area contributed by atoms with Gasteiger partial charge in [0.25, 0.3) is 0 Å². The van der Waals surface area contributed by atoms with Crippen LogP contribution in [0.1, 0.15) is 46.5 Å². The number of allylic oxidation sites excluding steroid dienone is 4. The second-order valence-corrected chi connectivity index (χ2v) is 9.93. The van der Waals surface area contributed by atoms with Crippen LogP contribution in [-0.4, -0.2) is 46.6 Å². The number of fused-ring (bicyclic) bond motifs is 7. The second kappa shape index (κ2) is 5.75. The van der Waals surface area contributed by atoms with Crippen LogP contribution in [0.4, 0.5) is 0 Å². The number of nitrogens with zero attached hydrogens (tertiary/aromatic N) is 1. The molecule has 6 nitrogen and oxygen atoms in total. The highest BCUT2D eigenvalue weighted by Crippen LogP contribution is 2.69. The Labute approximate surface area is 170 Å². The molecule has 5 rings (SSSR count). The summed E-state index contributed by atoms with van der Waals surface area (Å²) in [6.45, 7) is 5.85. The normalized spacial score (nSPS) is 49.8. The molecule has 1 N–H and O–H groups in total. The number of hydrogen-bond acceptors (Lipinski definition) is 6. The van der Waals surface area contributed by atoms with Gasteiger partial charge in [-0.25, -0.2) is 4.99 Å². The number of aldehydes is 1. The van der Waals surface area contributed by atoms with Crippen molar-refractivity contribution in [3.05, 3.63) is 23.8 Å². The quantitative estimate of drug-likeness (QED) is 0.570. The minimum absolute atomic E-state index is 0.00945. The van der Waals surface area contributed by atoms with Gasteiger partial charge < -0.3 is 9.84 Å². The van der Waals surface area contributed by atoms with Crippen LogP contribution < -0.4 is 0 Å². The summed E-state index contributed by atoms with van der Waals surface area (Å²) in [5, 5.41) is 11.4. The molecule has 154 valence electrons. The second-order valence-electron chi connectivity index (χ2n) is 9.93. The van der Waals surface area contributed by atoms with Gasteiger partial charge >= 0.3 is 0 Å². The number of carbonyl (C=O) groups is 3. The molecule has 29 heavy (non-hydrogen) atoms. The van der Waals surface area contributed by atoms with Crippen molar-refractivity contribution >= 4 is 23.8 Å². The van der Waals surface area contributed by atoms with Gasteiger partial charge in [-0.05, 0) is 49.7 Å². The summed E-state index contributed by atoms with van der Waals surface area (Å²) in [4.78, 5) is 41.1. The number of ketones is 2. The molecule has 3 fully saturated rings. The Balaban J connectivity index is 1.61. The molecule has 0 aromatic heterocycles. The molecule has 0 saturated heterocycles. The van der Waals surface area contributed by atoms with Crippen LogP contribution in [0.25, 0.3) is 0 Å². The molecular weight excluding hydrogens is 370 g/mol. The standard InChI is InChI=1S/C23H27NO5/c1-12-24-23(18(28)11-25)19(29-12)9-16-15-5-4-13-8-14(26)6-7-21(13,2)20(15)17(27)10-22(16,23)3/h6-8,11,15-17,19-20,27H,4-5,9-10H2,1-3H3/t15?,16?,17-,19+,20?,21-,22-,23+/m0/s1. The van der Waals surface area contributed by atoms with Gasteiger partial charge in [0.05, 0.1) is 6.10 Å². The van der Waals surface area contributed by atoms with E-state index in [1.165, 1.54) is 0 Å². The van der Waals surface area contributed by atoms with E-state index in [-0.39, 0.29) is 29.0 Å². The molecule has 0 bridgehead atoms. The maximum Gasteiger partial charge on any atom is 0.227 e. The van der Waals surface area contributed by atoms with Crippen LogP contribution in [0, 0.1) is 28.6 Å². The topological polar surface area (TPSA) is 93.0 Å². The number of Topliss-reactive ketones (excluding diaryl/α,β-unsaturated/α-hetero) is 1. The van der Waals surface area contributed by atoms with Gasteiger partial charge in [-0.2, -0.15) is 0 Å². The lowest BCUT2D eigenvalue weighted by atomic mass is 9.46. The largest absolute Gasteiger partial charge is 0.475 e. The molecular formula is C23H27NO5. The third kappa shape index (κ3) is 2.11. The highest BCUT2D eigenvalue weighted by Gasteiger charge is 2.74. The third-order valence-electron chi connectivity index (χ3n) is 8.82. The molecule has 8 atom stereocenters. The summed E-state index contributed by atoms with van der Waals surface area (Å²) in [6, 6.07) is 0. The van der Waals surface area contributed by atoms with Crippen molar-refractivity contribution in [2.45, 2.75) is 64.2 Å². The van der Waals surface area contributed by atoms with E-state index in [1.54, 1.807) is 19.1 Å². The average molecular weight is 397 g/mol. The van der Waals surface area contributed by atoms with E-state index in [4.69, 9.17) is 4.74 Å². The van der Waals surface area contributed by atoms with E-state index in [1.807, 2.05) is 13.0 Å². The number of aliphatic imine (C=N–C) groups is 1. The average Bonchev–Trinajstić information content (AvgIpc) is 3.12. The van der Waals surface area contributed by atoms with E-state index in [0.29, 0.717) is 25.0 Å². The zero-order valence-corrected chi connectivity index (χ0v) is 17.1. The molecule has 0 aromatic rings.